The Kier molecular flexibility index (Phi) is 8.74. The van der Waals surface area contributed by atoms with Crippen LogP contribution in [-0.2, 0) is 16.1 Å². The van der Waals surface area contributed by atoms with Crippen molar-refractivity contribution in [1.82, 2.24) is 9.55 Å². The molecule has 0 aromatic carbocycles. The van der Waals surface area contributed by atoms with Crippen molar-refractivity contribution in [3.05, 3.63) is 27.4 Å². The molecule has 0 atom stereocenters. The largest absolute Gasteiger partial charge is 0.465 e. The van der Waals surface area contributed by atoms with Gasteiger partial charge in [-0.3, -0.25) is 14.6 Å². The summed E-state index contributed by atoms with van der Waals surface area (Å²) in [6, 6.07) is 1.49. The number of aromatic nitrogens is 2. The quantitative estimate of drug-likeness (QED) is 0.406. The van der Waals surface area contributed by atoms with Crippen LogP contribution in [0, 0.1) is 10.7 Å². The van der Waals surface area contributed by atoms with Gasteiger partial charge in [0.1, 0.15) is 0 Å². The number of rotatable bonds is 10. The maximum Gasteiger partial charge on any atom is 0.308 e. The third-order valence-corrected chi connectivity index (χ3v) is 3.74. The van der Waals surface area contributed by atoms with Crippen molar-refractivity contribution >= 4 is 18.2 Å². The van der Waals surface area contributed by atoms with Crippen LogP contribution in [0.25, 0.3) is 0 Å². The highest BCUT2D eigenvalue weighted by Crippen LogP contribution is 2.07. The van der Waals surface area contributed by atoms with E-state index >= 15 is 0 Å². The minimum atomic E-state index is -0.153. The Morgan fingerprint density at radius 1 is 1.23 bits per heavy atom. The van der Waals surface area contributed by atoms with E-state index in [0.29, 0.717) is 11.4 Å². The number of hydrogen-bond acceptors (Lipinski definition) is 4. The van der Waals surface area contributed by atoms with E-state index in [4.69, 9.17) is 17.0 Å². The summed E-state index contributed by atoms with van der Waals surface area (Å²) in [5.74, 6) is -0.155. The summed E-state index contributed by atoms with van der Waals surface area (Å²) < 4.78 is 7.51. The number of unbranched alkanes of at least 4 members (excludes halogenated alkanes) is 5. The van der Waals surface area contributed by atoms with Gasteiger partial charge in [-0.15, -0.1) is 0 Å². The van der Waals surface area contributed by atoms with E-state index < -0.39 is 0 Å². The van der Waals surface area contributed by atoms with Crippen molar-refractivity contribution in [3.63, 3.8) is 0 Å². The first-order chi connectivity index (χ1) is 10.5. The molecule has 22 heavy (non-hydrogen) atoms. The molecule has 124 valence electrons. The van der Waals surface area contributed by atoms with E-state index in [9.17, 15) is 9.59 Å². The molecule has 1 aromatic heterocycles. The van der Waals surface area contributed by atoms with E-state index in [2.05, 4.69) is 4.98 Å². The summed E-state index contributed by atoms with van der Waals surface area (Å²) in [6.45, 7) is 5.05. The lowest BCUT2D eigenvalue weighted by Crippen LogP contribution is -2.12. The van der Waals surface area contributed by atoms with Crippen molar-refractivity contribution < 1.29 is 9.53 Å². The molecule has 0 saturated heterocycles. The molecule has 0 radical (unpaired) electrons. The normalized spacial score (nSPS) is 10.9. The highest BCUT2D eigenvalue weighted by Gasteiger charge is 2.06. The summed E-state index contributed by atoms with van der Waals surface area (Å²) in [4.78, 5) is 24.9. The van der Waals surface area contributed by atoms with Crippen molar-refractivity contribution in [3.8, 4) is 0 Å². The van der Waals surface area contributed by atoms with Crippen LogP contribution in [0.4, 0.5) is 0 Å². The van der Waals surface area contributed by atoms with Gasteiger partial charge in [-0.2, -0.15) is 0 Å². The maximum atomic E-state index is 11.2. The van der Waals surface area contributed by atoms with Gasteiger partial charge in [-0.25, -0.2) is 0 Å². The highest BCUT2D eigenvalue weighted by atomic mass is 32.1. The summed E-state index contributed by atoms with van der Waals surface area (Å²) in [7, 11) is 0. The Morgan fingerprint density at radius 3 is 2.50 bits per heavy atom. The lowest BCUT2D eigenvalue weighted by Gasteiger charge is -2.07. The van der Waals surface area contributed by atoms with Gasteiger partial charge in [0.05, 0.1) is 12.5 Å². The molecule has 0 fully saturated rings. The van der Waals surface area contributed by atoms with Crippen molar-refractivity contribution in [1.29, 1.82) is 0 Å². The Hall–Kier alpha value is -1.43. The van der Waals surface area contributed by atoms with Crippen LogP contribution in [0.15, 0.2) is 17.1 Å². The number of aryl methyl sites for hydroxylation is 1. The van der Waals surface area contributed by atoms with Crippen molar-refractivity contribution in [2.45, 2.75) is 58.9 Å². The van der Waals surface area contributed by atoms with E-state index in [1.54, 1.807) is 6.20 Å². The summed E-state index contributed by atoms with van der Waals surface area (Å²) in [5, 5.41) is 0. The Bertz CT molecular complexity index is 563. The fourth-order valence-electron chi connectivity index (χ4n) is 2.05. The first-order valence-corrected chi connectivity index (χ1v) is 8.38. The zero-order valence-corrected chi connectivity index (χ0v) is 14.3. The third kappa shape index (κ3) is 7.54. The number of nitrogens with one attached hydrogen (secondary N) is 1. The molecule has 1 rings (SSSR count). The molecular weight excluding hydrogens is 300 g/mol. The van der Waals surface area contributed by atoms with Crippen LogP contribution < -0.4 is 5.56 Å². The molecular formula is C16H26N2O3S. The van der Waals surface area contributed by atoms with E-state index in [1.807, 2.05) is 18.4 Å². The van der Waals surface area contributed by atoms with Gasteiger partial charge in [-0.1, -0.05) is 39.5 Å². The molecule has 0 spiro atoms. The first-order valence-electron chi connectivity index (χ1n) is 7.97. The predicted octanol–water partition coefficient (Wildman–Crippen LogP) is 3.45. The smallest absolute Gasteiger partial charge is 0.308 e. The van der Waals surface area contributed by atoms with Crippen LogP contribution >= 0.6 is 12.2 Å². The Labute approximate surface area is 136 Å². The summed E-state index contributed by atoms with van der Waals surface area (Å²) >= 11 is 5.09. The lowest BCUT2D eigenvalue weighted by atomic mass is 10.1. The third-order valence-electron chi connectivity index (χ3n) is 3.41. The topological polar surface area (TPSA) is 64.1 Å². The minimum Gasteiger partial charge on any atom is -0.465 e. The molecule has 0 amide bonds. The van der Waals surface area contributed by atoms with Crippen molar-refractivity contribution in [2.24, 2.45) is 5.92 Å². The second-order valence-corrected chi connectivity index (χ2v) is 6.13. The summed E-state index contributed by atoms with van der Waals surface area (Å²) in [5.41, 5.74) is -0.153. The second kappa shape index (κ2) is 10.3. The van der Waals surface area contributed by atoms with Gasteiger partial charge in [0.25, 0.3) is 5.56 Å². The number of ether oxygens (including phenoxy) is 1. The van der Waals surface area contributed by atoms with Gasteiger partial charge in [0, 0.05) is 18.8 Å². The van der Waals surface area contributed by atoms with Gasteiger partial charge >= 0.3 is 5.97 Å². The SMILES string of the molecule is CC(C)C(=O)OCCCCCCCCn1ccc(=O)[nH]c1=S. The average molecular weight is 326 g/mol. The molecule has 5 nitrogen and oxygen atoms in total. The predicted molar refractivity (Wildman–Crippen MR) is 89.4 cm³/mol. The van der Waals surface area contributed by atoms with E-state index in [1.165, 1.54) is 6.07 Å². The molecule has 0 aliphatic rings. The molecule has 0 unspecified atom stereocenters. The number of esters is 1. The average Bonchev–Trinajstić information content (AvgIpc) is 2.47. The number of nitrogens with zero attached hydrogens (tertiary/aromatic N) is 1. The molecule has 6 heteroatoms. The van der Waals surface area contributed by atoms with Crippen LogP contribution in [0.5, 0.6) is 0 Å². The van der Waals surface area contributed by atoms with E-state index in [0.717, 1.165) is 45.1 Å². The van der Waals surface area contributed by atoms with Crippen LogP contribution in [0.1, 0.15) is 52.4 Å². The molecule has 0 bridgehead atoms. The lowest BCUT2D eigenvalue weighted by molar-refractivity contribution is -0.147. The Morgan fingerprint density at radius 2 is 1.86 bits per heavy atom. The fraction of sp³-hybridized carbons (Fsp3) is 0.688. The number of carbonyl (C=O) groups excluding carboxylic acids is 1. The molecule has 0 aliphatic heterocycles. The van der Waals surface area contributed by atoms with Crippen LogP contribution in [0.3, 0.4) is 0 Å². The van der Waals surface area contributed by atoms with Crippen molar-refractivity contribution in [2.75, 3.05) is 6.61 Å². The Balaban J connectivity index is 2.01. The molecule has 0 aliphatic carbocycles. The van der Waals surface area contributed by atoms with Gasteiger partial charge in [0.2, 0.25) is 0 Å². The summed E-state index contributed by atoms with van der Waals surface area (Å²) in [6.07, 6.45) is 8.25. The van der Waals surface area contributed by atoms with Gasteiger partial charge < -0.3 is 9.30 Å². The maximum absolute atomic E-state index is 11.2. The fourth-order valence-corrected chi connectivity index (χ4v) is 2.30. The molecule has 1 heterocycles. The molecule has 0 saturated carbocycles. The molecule has 1 aromatic rings. The first kappa shape index (κ1) is 18.6. The van der Waals surface area contributed by atoms with E-state index in [-0.39, 0.29) is 17.4 Å². The van der Waals surface area contributed by atoms with Gasteiger partial charge in [0.15, 0.2) is 4.77 Å². The number of aromatic amines is 1. The standard InChI is InChI=1S/C16H26N2O3S/c1-13(2)15(20)21-12-8-6-4-3-5-7-10-18-11-9-14(19)17-16(18)22/h9,11,13H,3-8,10,12H2,1-2H3,(H,17,19,22). The zero-order valence-electron chi connectivity index (χ0n) is 13.5. The van der Waals surface area contributed by atoms with Gasteiger partial charge in [-0.05, 0) is 25.1 Å². The zero-order chi connectivity index (χ0) is 16.4. The molecule has 1 N–H and O–H groups in total. The number of H-pyrrole nitrogens is 1. The van der Waals surface area contributed by atoms with Crippen LogP contribution in [-0.4, -0.2) is 22.1 Å². The minimum absolute atomic E-state index is 0.0419. The monoisotopic (exact) mass is 326 g/mol. The highest BCUT2D eigenvalue weighted by molar-refractivity contribution is 7.71. The van der Waals surface area contributed by atoms with Crippen LogP contribution in [0.2, 0.25) is 0 Å². The second-order valence-electron chi connectivity index (χ2n) is 5.75. The number of hydrogen-bond donors (Lipinski definition) is 1. The number of carbonyl (C=O) groups is 1.